The minimum atomic E-state index is 0.425. The van der Waals surface area contributed by atoms with Crippen molar-refractivity contribution in [1.82, 2.24) is 5.16 Å². The van der Waals surface area contributed by atoms with E-state index < -0.39 is 0 Å². The molecular formula is C21H22N4O2S. The van der Waals surface area contributed by atoms with Gasteiger partial charge in [0, 0.05) is 5.75 Å². The maximum Gasteiger partial charge on any atom is 0.180 e. The molecule has 1 heterocycles. The standard InChI is InChI=1S/C21H22N4O2S/c1-15-20(16(2)27-25-15)13-26-19-10-8-17(9-11-19)12-23-24-21(22)28-14-18-6-4-3-5-7-18/h3-12H,13-14H2,1-2H3,(H2,22,24). The van der Waals surface area contributed by atoms with E-state index in [1.165, 1.54) is 17.3 Å². The first-order chi connectivity index (χ1) is 13.6. The Morgan fingerprint density at radius 3 is 2.57 bits per heavy atom. The predicted octanol–water partition coefficient (Wildman–Crippen LogP) is 4.45. The zero-order valence-electron chi connectivity index (χ0n) is 15.8. The Bertz CT molecular complexity index is 931. The van der Waals surface area contributed by atoms with Gasteiger partial charge < -0.3 is 15.0 Å². The van der Waals surface area contributed by atoms with Gasteiger partial charge in [-0.1, -0.05) is 47.3 Å². The minimum Gasteiger partial charge on any atom is -0.489 e. The van der Waals surface area contributed by atoms with Gasteiger partial charge in [0.15, 0.2) is 5.17 Å². The smallest absolute Gasteiger partial charge is 0.180 e. The van der Waals surface area contributed by atoms with Gasteiger partial charge in [-0.15, -0.1) is 5.10 Å². The van der Waals surface area contributed by atoms with E-state index in [1.807, 2.05) is 56.3 Å². The van der Waals surface area contributed by atoms with E-state index in [4.69, 9.17) is 15.0 Å². The van der Waals surface area contributed by atoms with Crippen LogP contribution in [-0.2, 0) is 12.4 Å². The van der Waals surface area contributed by atoms with Crippen molar-refractivity contribution in [1.29, 1.82) is 0 Å². The van der Waals surface area contributed by atoms with Crippen molar-refractivity contribution in [2.75, 3.05) is 0 Å². The summed E-state index contributed by atoms with van der Waals surface area (Å²) in [5.74, 6) is 2.31. The first kappa shape index (κ1) is 19.7. The lowest BCUT2D eigenvalue weighted by Gasteiger charge is -2.05. The van der Waals surface area contributed by atoms with Gasteiger partial charge in [-0.05, 0) is 49.2 Å². The number of hydrogen-bond donors (Lipinski definition) is 1. The average molecular weight is 395 g/mol. The van der Waals surface area contributed by atoms with Crippen LogP contribution >= 0.6 is 11.8 Å². The molecule has 0 spiro atoms. The summed E-state index contributed by atoms with van der Waals surface area (Å²) >= 11 is 1.46. The second kappa shape index (κ2) is 9.75. The summed E-state index contributed by atoms with van der Waals surface area (Å²) in [6.45, 7) is 4.20. The second-order valence-corrected chi connectivity index (χ2v) is 7.11. The maximum absolute atomic E-state index is 5.89. The molecule has 0 aliphatic rings. The molecule has 0 fully saturated rings. The van der Waals surface area contributed by atoms with Crippen LogP contribution in [0.1, 0.15) is 28.1 Å². The molecule has 0 amide bonds. The summed E-state index contributed by atoms with van der Waals surface area (Å²) in [5.41, 5.74) is 9.82. The SMILES string of the molecule is Cc1noc(C)c1COc1ccc(C=NN=C(N)SCc2ccccc2)cc1. The fraction of sp³-hybridized carbons (Fsp3) is 0.190. The number of thioether (sulfide) groups is 1. The minimum absolute atomic E-state index is 0.425. The van der Waals surface area contributed by atoms with Crippen LogP contribution in [0.4, 0.5) is 0 Å². The van der Waals surface area contributed by atoms with Gasteiger partial charge >= 0.3 is 0 Å². The fourth-order valence-electron chi connectivity index (χ4n) is 2.43. The molecule has 0 aliphatic carbocycles. The van der Waals surface area contributed by atoms with Crippen LogP contribution in [0.15, 0.2) is 69.3 Å². The Kier molecular flexibility index (Phi) is 6.86. The molecule has 3 aromatic rings. The van der Waals surface area contributed by atoms with Gasteiger partial charge in [0.25, 0.3) is 0 Å². The number of aryl methyl sites for hydroxylation is 2. The van der Waals surface area contributed by atoms with Crippen LogP contribution < -0.4 is 10.5 Å². The molecular weight excluding hydrogens is 372 g/mol. The average Bonchev–Trinajstić information content (AvgIpc) is 3.04. The molecule has 2 N–H and O–H groups in total. The van der Waals surface area contributed by atoms with Gasteiger partial charge in [0.1, 0.15) is 18.1 Å². The topological polar surface area (TPSA) is 86.0 Å². The molecule has 0 unspecified atom stereocenters. The first-order valence-electron chi connectivity index (χ1n) is 8.79. The van der Waals surface area contributed by atoms with Crippen LogP contribution in [0.25, 0.3) is 0 Å². The van der Waals surface area contributed by atoms with E-state index in [0.717, 1.165) is 34.1 Å². The summed E-state index contributed by atoms with van der Waals surface area (Å²) in [6.07, 6.45) is 1.66. The Morgan fingerprint density at radius 1 is 1.14 bits per heavy atom. The van der Waals surface area contributed by atoms with Crippen molar-refractivity contribution < 1.29 is 9.26 Å². The van der Waals surface area contributed by atoms with Gasteiger partial charge in [0.2, 0.25) is 0 Å². The number of aromatic nitrogens is 1. The lowest BCUT2D eigenvalue weighted by Crippen LogP contribution is -2.05. The second-order valence-electron chi connectivity index (χ2n) is 6.12. The van der Waals surface area contributed by atoms with Crippen molar-refractivity contribution in [3.8, 4) is 5.75 Å². The van der Waals surface area contributed by atoms with Crippen molar-refractivity contribution in [3.05, 3.63) is 82.7 Å². The van der Waals surface area contributed by atoms with Crippen molar-refractivity contribution >= 4 is 23.1 Å². The molecule has 0 atom stereocenters. The van der Waals surface area contributed by atoms with E-state index >= 15 is 0 Å². The Balaban J connectivity index is 1.49. The Labute approximate surface area is 168 Å². The molecule has 0 bridgehead atoms. The fourth-order valence-corrected chi connectivity index (χ4v) is 3.04. The van der Waals surface area contributed by atoms with Crippen molar-refractivity contribution in [2.45, 2.75) is 26.2 Å². The highest BCUT2D eigenvalue weighted by Gasteiger charge is 2.09. The normalized spacial score (nSPS) is 11.9. The molecule has 0 aliphatic heterocycles. The summed E-state index contributed by atoms with van der Waals surface area (Å²) < 4.78 is 10.9. The van der Waals surface area contributed by atoms with E-state index in [1.54, 1.807) is 6.21 Å². The van der Waals surface area contributed by atoms with Crippen molar-refractivity contribution in [3.63, 3.8) is 0 Å². The van der Waals surface area contributed by atoms with Crippen molar-refractivity contribution in [2.24, 2.45) is 15.9 Å². The number of nitrogens with zero attached hydrogens (tertiary/aromatic N) is 3. The summed E-state index contributed by atoms with van der Waals surface area (Å²) in [6, 6.07) is 17.7. The third kappa shape index (κ3) is 5.72. The molecule has 6 nitrogen and oxygen atoms in total. The third-order valence-electron chi connectivity index (χ3n) is 4.04. The molecule has 3 rings (SSSR count). The van der Waals surface area contributed by atoms with E-state index in [9.17, 15) is 0 Å². The molecule has 7 heteroatoms. The lowest BCUT2D eigenvalue weighted by molar-refractivity contribution is 0.301. The van der Waals surface area contributed by atoms with Gasteiger partial charge in [-0.2, -0.15) is 5.10 Å². The zero-order valence-corrected chi connectivity index (χ0v) is 16.6. The molecule has 144 valence electrons. The van der Waals surface area contributed by atoms with E-state index in [2.05, 4.69) is 27.5 Å². The molecule has 0 saturated heterocycles. The van der Waals surface area contributed by atoms with Crippen LogP contribution in [0, 0.1) is 13.8 Å². The van der Waals surface area contributed by atoms with Crippen LogP contribution in [-0.4, -0.2) is 16.5 Å². The number of ether oxygens (including phenoxy) is 1. The highest BCUT2D eigenvalue weighted by Crippen LogP contribution is 2.17. The summed E-state index contributed by atoms with van der Waals surface area (Å²) in [4.78, 5) is 0. The van der Waals surface area contributed by atoms with Crippen LogP contribution in [0.2, 0.25) is 0 Å². The number of amidine groups is 1. The molecule has 0 radical (unpaired) electrons. The Morgan fingerprint density at radius 2 is 1.89 bits per heavy atom. The lowest BCUT2D eigenvalue weighted by atomic mass is 10.2. The van der Waals surface area contributed by atoms with Gasteiger partial charge in [0.05, 0.1) is 17.5 Å². The molecule has 2 aromatic carbocycles. The predicted molar refractivity (Wildman–Crippen MR) is 114 cm³/mol. The largest absolute Gasteiger partial charge is 0.489 e. The monoisotopic (exact) mass is 394 g/mol. The molecule has 28 heavy (non-hydrogen) atoms. The third-order valence-corrected chi connectivity index (χ3v) is 4.89. The van der Waals surface area contributed by atoms with Gasteiger partial charge in [-0.3, -0.25) is 0 Å². The Hall–Kier alpha value is -3.06. The zero-order chi connectivity index (χ0) is 19.8. The maximum atomic E-state index is 5.89. The van der Waals surface area contributed by atoms with E-state index in [-0.39, 0.29) is 0 Å². The van der Waals surface area contributed by atoms with Crippen LogP contribution in [0.5, 0.6) is 5.75 Å². The number of benzene rings is 2. The number of nitrogens with two attached hydrogens (primary N) is 1. The number of rotatable bonds is 7. The molecule has 0 saturated carbocycles. The molecule has 1 aromatic heterocycles. The van der Waals surface area contributed by atoms with Gasteiger partial charge in [-0.25, -0.2) is 0 Å². The van der Waals surface area contributed by atoms with E-state index in [0.29, 0.717) is 11.8 Å². The number of hydrogen-bond acceptors (Lipinski definition) is 6. The van der Waals surface area contributed by atoms with Crippen LogP contribution in [0.3, 0.4) is 0 Å². The highest BCUT2D eigenvalue weighted by atomic mass is 32.2. The quantitative estimate of drug-likeness (QED) is 0.363. The highest BCUT2D eigenvalue weighted by molar-refractivity contribution is 8.13. The summed E-state index contributed by atoms with van der Waals surface area (Å²) in [5, 5.41) is 12.4. The first-order valence-corrected chi connectivity index (χ1v) is 9.78. The summed E-state index contributed by atoms with van der Waals surface area (Å²) in [7, 11) is 0.